The number of carbonyl (C=O) groups excluding carboxylic acids is 2. The molecule has 3 aliphatic rings. The predicted molar refractivity (Wildman–Crippen MR) is 158 cm³/mol. The number of aromatic nitrogens is 3. The van der Waals surface area contributed by atoms with E-state index in [-0.39, 0.29) is 45.6 Å². The zero-order valence-electron chi connectivity index (χ0n) is 23.1. The van der Waals surface area contributed by atoms with E-state index in [1.165, 1.54) is 0 Å². The fourth-order valence-electron chi connectivity index (χ4n) is 6.24. The number of nitrogens with two attached hydrogens (primary N) is 2. The van der Waals surface area contributed by atoms with Crippen molar-refractivity contribution in [2.24, 2.45) is 0 Å². The van der Waals surface area contributed by atoms with Crippen molar-refractivity contribution in [3.63, 3.8) is 0 Å². The maximum absolute atomic E-state index is 13.0. The number of nitrogen functional groups attached to an aromatic ring is 2. The maximum atomic E-state index is 13.0. The van der Waals surface area contributed by atoms with Crippen molar-refractivity contribution in [3.8, 4) is 0 Å². The Morgan fingerprint density at radius 3 is 2.44 bits per heavy atom. The van der Waals surface area contributed by atoms with Crippen LogP contribution in [-0.2, 0) is 0 Å². The van der Waals surface area contributed by atoms with Crippen LogP contribution in [0.3, 0.4) is 0 Å². The molecule has 222 valence electrons. The quantitative estimate of drug-likeness (QED) is 0.358. The van der Waals surface area contributed by atoms with Crippen LogP contribution in [0.4, 0.5) is 17.5 Å². The molecule has 3 atom stereocenters. The van der Waals surface area contributed by atoms with Crippen molar-refractivity contribution in [2.75, 3.05) is 49.1 Å². The number of nitrogens with zero attached hydrogens (tertiary/aromatic N) is 6. The first-order valence-corrected chi connectivity index (χ1v) is 15.0. The van der Waals surface area contributed by atoms with Gasteiger partial charge in [-0.2, -0.15) is 0 Å². The number of pyridine rings is 1. The first-order chi connectivity index (χ1) is 19.7. The third-order valence-electron chi connectivity index (χ3n) is 8.52. The normalized spacial score (nSPS) is 24.0. The molecule has 3 fully saturated rings. The number of piperidine rings is 1. The van der Waals surface area contributed by atoms with Crippen molar-refractivity contribution < 1.29 is 14.7 Å². The summed E-state index contributed by atoms with van der Waals surface area (Å²) in [6, 6.07) is 3.48. The summed E-state index contributed by atoms with van der Waals surface area (Å²) in [5.74, 6) is 0.0259. The lowest BCUT2D eigenvalue weighted by Crippen LogP contribution is -2.58. The highest BCUT2D eigenvalue weighted by Gasteiger charge is 2.36. The lowest BCUT2D eigenvalue weighted by Gasteiger charge is -2.47. The number of carbonyl (C=O) groups is 2. The first kappa shape index (κ1) is 29.6. The van der Waals surface area contributed by atoms with E-state index in [9.17, 15) is 14.7 Å². The molecule has 1 saturated carbocycles. The molecule has 5 rings (SSSR count). The molecule has 2 amide bonds. The van der Waals surface area contributed by atoms with Gasteiger partial charge in [-0.3, -0.25) is 14.5 Å². The molecule has 1 aliphatic carbocycles. The van der Waals surface area contributed by atoms with Gasteiger partial charge in [0.1, 0.15) is 11.0 Å². The molecule has 0 bridgehead atoms. The average Bonchev–Trinajstić information content (AvgIpc) is 3.37. The summed E-state index contributed by atoms with van der Waals surface area (Å²) >= 11 is 12.4. The van der Waals surface area contributed by atoms with Crippen LogP contribution < -0.4 is 21.7 Å². The van der Waals surface area contributed by atoms with E-state index in [2.05, 4.69) is 37.0 Å². The molecule has 4 heterocycles. The Hall–Kier alpha value is -2.93. The Bertz CT molecular complexity index is 1290. The van der Waals surface area contributed by atoms with Crippen LogP contribution in [0.5, 0.6) is 0 Å². The summed E-state index contributed by atoms with van der Waals surface area (Å²) in [5.41, 5.74) is 12.5. The zero-order chi connectivity index (χ0) is 29.3. The van der Waals surface area contributed by atoms with Gasteiger partial charge < -0.3 is 31.7 Å². The topological polar surface area (TPSA) is 167 Å². The van der Waals surface area contributed by atoms with Gasteiger partial charge in [-0.05, 0) is 50.7 Å². The number of aliphatic hydroxyl groups is 1. The third kappa shape index (κ3) is 6.30. The summed E-state index contributed by atoms with van der Waals surface area (Å²) in [5, 5.41) is 13.2. The number of likely N-dealkylation sites (tertiary alicyclic amines) is 1. The van der Waals surface area contributed by atoms with E-state index in [1.807, 2.05) is 4.90 Å². The van der Waals surface area contributed by atoms with Crippen LogP contribution in [0, 0.1) is 0 Å². The summed E-state index contributed by atoms with van der Waals surface area (Å²) in [6.07, 6.45) is 4.28. The highest BCUT2D eigenvalue weighted by atomic mass is 35.5. The van der Waals surface area contributed by atoms with Gasteiger partial charge in [-0.25, -0.2) is 15.0 Å². The summed E-state index contributed by atoms with van der Waals surface area (Å²) < 4.78 is 0. The third-order valence-corrected chi connectivity index (χ3v) is 8.98. The van der Waals surface area contributed by atoms with Gasteiger partial charge in [0, 0.05) is 44.8 Å². The number of rotatable bonds is 6. The van der Waals surface area contributed by atoms with Gasteiger partial charge in [0.05, 0.1) is 17.7 Å². The molecule has 14 heteroatoms. The lowest BCUT2D eigenvalue weighted by molar-refractivity contribution is 0.0491. The van der Waals surface area contributed by atoms with E-state index in [0.29, 0.717) is 56.4 Å². The molecule has 12 nitrogen and oxygen atoms in total. The summed E-state index contributed by atoms with van der Waals surface area (Å²) in [4.78, 5) is 45.0. The average molecular weight is 607 g/mol. The number of hydrogen-bond acceptors (Lipinski definition) is 10. The van der Waals surface area contributed by atoms with Crippen LogP contribution in [0.25, 0.3) is 0 Å². The van der Waals surface area contributed by atoms with E-state index < -0.39 is 12.0 Å². The Balaban J connectivity index is 1.20. The van der Waals surface area contributed by atoms with Gasteiger partial charge >= 0.3 is 0 Å². The Labute approximate surface area is 249 Å². The van der Waals surface area contributed by atoms with Crippen LogP contribution in [-0.4, -0.2) is 98.6 Å². The SMILES string of the molecule is CC[C@H]1CN(c2nc(N)c(C(=O)N[C@H]3CCC[C@@H]3O)nc2Cl)CCN1C1CCN(C(=O)c2ccc(Cl)nc2N)CC1. The van der Waals surface area contributed by atoms with Gasteiger partial charge in [-0.1, -0.05) is 30.1 Å². The number of aliphatic hydroxyl groups excluding tert-OH is 1. The first-order valence-electron chi connectivity index (χ1n) is 14.2. The molecule has 0 aromatic carbocycles. The van der Waals surface area contributed by atoms with Crippen LogP contribution in [0.2, 0.25) is 10.3 Å². The molecule has 2 saturated heterocycles. The largest absolute Gasteiger partial charge is 0.391 e. The molecule has 0 spiro atoms. The molecule has 41 heavy (non-hydrogen) atoms. The van der Waals surface area contributed by atoms with Crippen molar-refractivity contribution in [3.05, 3.63) is 33.7 Å². The van der Waals surface area contributed by atoms with Crippen molar-refractivity contribution in [1.82, 2.24) is 30.1 Å². The van der Waals surface area contributed by atoms with E-state index >= 15 is 0 Å². The maximum Gasteiger partial charge on any atom is 0.274 e. The van der Waals surface area contributed by atoms with Crippen LogP contribution in [0.15, 0.2) is 12.1 Å². The molecule has 0 unspecified atom stereocenters. The van der Waals surface area contributed by atoms with Crippen molar-refractivity contribution >= 4 is 52.5 Å². The number of piperazine rings is 1. The van der Waals surface area contributed by atoms with Gasteiger partial charge in [0.25, 0.3) is 11.8 Å². The smallest absolute Gasteiger partial charge is 0.274 e. The van der Waals surface area contributed by atoms with Gasteiger partial charge in [-0.15, -0.1) is 0 Å². The number of amides is 2. The fourth-order valence-corrected chi connectivity index (χ4v) is 6.64. The number of nitrogens with one attached hydrogen (secondary N) is 1. The number of halogens is 2. The molecular formula is C27H37Cl2N9O3. The predicted octanol–water partition coefficient (Wildman–Crippen LogP) is 2.19. The molecule has 2 aromatic rings. The van der Waals surface area contributed by atoms with Crippen LogP contribution >= 0.6 is 23.2 Å². The zero-order valence-corrected chi connectivity index (χ0v) is 24.6. The minimum absolute atomic E-state index is 0.0124. The molecule has 2 aromatic heterocycles. The summed E-state index contributed by atoms with van der Waals surface area (Å²) in [6.45, 7) is 5.59. The highest BCUT2D eigenvalue weighted by Crippen LogP contribution is 2.30. The van der Waals surface area contributed by atoms with Crippen molar-refractivity contribution in [2.45, 2.75) is 69.7 Å². The van der Waals surface area contributed by atoms with Gasteiger partial charge in [0.15, 0.2) is 22.5 Å². The second-order valence-electron chi connectivity index (χ2n) is 11.0. The molecule has 0 radical (unpaired) electrons. The van der Waals surface area contributed by atoms with E-state index in [0.717, 1.165) is 32.2 Å². The van der Waals surface area contributed by atoms with Crippen LogP contribution in [0.1, 0.15) is 66.3 Å². The minimum atomic E-state index is -0.572. The second-order valence-corrected chi connectivity index (χ2v) is 11.7. The fraction of sp³-hybridized carbons (Fsp3) is 0.593. The highest BCUT2D eigenvalue weighted by molar-refractivity contribution is 6.32. The Morgan fingerprint density at radius 2 is 1.78 bits per heavy atom. The monoisotopic (exact) mass is 605 g/mol. The van der Waals surface area contributed by atoms with Gasteiger partial charge in [0.2, 0.25) is 0 Å². The number of anilines is 3. The summed E-state index contributed by atoms with van der Waals surface area (Å²) in [7, 11) is 0. The molecule has 2 aliphatic heterocycles. The standard InChI is InChI=1S/C27H37Cl2N9O3/c1-2-15-14-37(25-22(29)34-21(24(31)35-25)26(40)32-18-4-3-5-19(18)39)12-13-38(15)16-8-10-36(11-9-16)27(41)17-6-7-20(28)33-23(17)30/h6-7,15-16,18-19,39H,2-5,8-14H2,1H3,(H2,30,33)(H2,31,35)(H,32,40)/t15-,18-,19-/m0/s1. The minimum Gasteiger partial charge on any atom is -0.391 e. The second kappa shape index (κ2) is 12.5. The van der Waals surface area contributed by atoms with E-state index in [4.69, 9.17) is 34.7 Å². The lowest BCUT2D eigenvalue weighted by atomic mass is 9.97. The van der Waals surface area contributed by atoms with Crippen molar-refractivity contribution in [1.29, 1.82) is 0 Å². The molecule has 6 N–H and O–H groups in total. The Kier molecular flexibility index (Phi) is 9.03. The van der Waals surface area contributed by atoms with E-state index in [1.54, 1.807) is 12.1 Å². The number of hydrogen-bond donors (Lipinski definition) is 4. The Morgan fingerprint density at radius 1 is 1.02 bits per heavy atom. The molecular weight excluding hydrogens is 569 g/mol.